The summed E-state index contributed by atoms with van der Waals surface area (Å²) >= 11 is 1.82. The van der Waals surface area contributed by atoms with Gasteiger partial charge in [-0.15, -0.1) is 11.8 Å². The van der Waals surface area contributed by atoms with Gasteiger partial charge in [0.1, 0.15) is 0 Å². The first kappa shape index (κ1) is 16.2. The number of hydrogen-bond acceptors (Lipinski definition) is 3. The second-order valence-electron chi connectivity index (χ2n) is 6.46. The third-order valence-electron chi connectivity index (χ3n) is 4.55. The fourth-order valence-corrected chi connectivity index (χ4v) is 4.55. The average molecular weight is 334 g/mol. The number of likely N-dealkylation sites (tertiary alicyclic amines) is 1. The van der Waals surface area contributed by atoms with Gasteiger partial charge in [-0.05, 0) is 30.4 Å². The number of urea groups is 1. The molecule has 1 aromatic carbocycles. The topological polar surface area (TPSA) is 69.6 Å². The fraction of sp³-hybridized carbons (Fsp3) is 0.529. The standard InChI is InChI=1S/C17H22N2O3S/c1-11-8-12(16(20)21)10-19(9-11)17(22)18-14-6-7-23-15-5-3-2-4-13(14)15/h2-5,11-12,14H,6-10H2,1H3,(H,18,22)(H,20,21). The van der Waals surface area contributed by atoms with Crippen molar-refractivity contribution in [1.82, 2.24) is 10.2 Å². The molecule has 2 heterocycles. The van der Waals surface area contributed by atoms with E-state index in [1.807, 2.05) is 30.8 Å². The summed E-state index contributed by atoms with van der Waals surface area (Å²) in [5.74, 6) is -0.0758. The van der Waals surface area contributed by atoms with E-state index in [-0.39, 0.29) is 18.0 Å². The Morgan fingerprint density at radius 2 is 2.09 bits per heavy atom. The van der Waals surface area contributed by atoms with Gasteiger partial charge in [0.25, 0.3) is 0 Å². The van der Waals surface area contributed by atoms with Crippen molar-refractivity contribution >= 4 is 23.8 Å². The summed E-state index contributed by atoms with van der Waals surface area (Å²) < 4.78 is 0. The van der Waals surface area contributed by atoms with Crippen molar-refractivity contribution < 1.29 is 14.7 Å². The molecule has 2 N–H and O–H groups in total. The van der Waals surface area contributed by atoms with E-state index in [0.29, 0.717) is 19.5 Å². The maximum Gasteiger partial charge on any atom is 0.317 e. The number of thioether (sulfide) groups is 1. The van der Waals surface area contributed by atoms with Crippen LogP contribution in [0.2, 0.25) is 0 Å². The SMILES string of the molecule is CC1CC(C(=O)O)CN(C(=O)NC2CCSc3ccccc32)C1. The van der Waals surface area contributed by atoms with Crippen LogP contribution in [0.25, 0.3) is 0 Å². The second-order valence-corrected chi connectivity index (χ2v) is 7.59. The predicted molar refractivity (Wildman–Crippen MR) is 89.5 cm³/mol. The first-order valence-electron chi connectivity index (χ1n) is 8.04. The Bertz CT molecular complexity index is 607. The highest BCUT2D eigenvalue weighted by Gasteiger charge is 2.33. The van der Waals surface area contributed by atoms with Crippen molar-refractivity contribution in [2.45, 2.75) is 30.7 Å². The number of carboxylic acids is 1. The molecule has 1 saturated heterocycles. The molecule has 3 atom stereocenters. The molecule has 0 spiro atoms. The summed E-state index contributed by atoms with van der Waals surface area (Å²) in [5.41, 5.74) is 1.16. The smallest absolute Gasteiger partial charge is 0.317 e. The fourth-order valence-electron chi connectivity index (χ4n) is 3.43. The molecule has 6 heteroatoms. The average Bonchev–Trinajstić information content (AvgIpc) is 2.54. The van der Waals surface area contributed by atoms with Crippen LogP contribution in [-0.4, -0.2) is 40.8 Å². The number of piperidine rings is 1. The van der Waals surface area contributed by atoms with E-state index < -0.39 is 11.9 Å². The van der Waals surface area contributed by atoms with Crippen molar-refractivity contribution in [3.63, 3.8) is 0 Å². The third kappa shape index (κ3) is 3.63. The van der Waals surface area contributed by atoms with Crippen molar-refractivity contribution in [2.75, 3.05) is 18.8 Å². The van der Waals surface area contributed by atoms with Gasteiger partial charge in [0.15, 0.2) is 0 Å². The van der Waals surface area contributed by atoms with Gasteiger partial charge in [0, 0.05) is 23.7 Å². The summed E-state index contributed by atoms with van der Waals surface area (Å²) in [6, 6.07) is 8.02. The Morgan fingerprint density at radius 3 is 2.87 bits per heavy atom. The number of rotatable bonds is 2. The maximum absolute atomic E-state index is 12.6. The largest absolute Gasteiger partial charge is 0.481 e. The lowest BCUT2D eigenvalue weighted by Crippen LogP contribution is -2.50. The molecule has 2 aliphatic rings. The molecule has 3 unspecified atom stereocenters. The summed E-state index contributed by atoms with van der Waals surface area (Å²) in [5, 5.41) is 12.4. The number of fused-ring (bicyclic) bond motifs is 1. The lowest BCUT2D eigenvalue weighted by Gasteiger charge is -2.36. The van der Waals surface area contributed by atoms with E-state index >= 15 is 0 Å². The number of carbonyl (C=O) groups is 2. The number of carboxylic acid groups (broad SMARTS) is 1. The molecule has 1 fully saturated rings. The first-order chi connectivity index (χ1) is 11.0. The molecule has 0 aliphatic carbocycles. The van der Waals surface area contributed by atoms with Gasteiger partial charge in [-0.25, -0.2) is 4.79 Å². The van der Waals surface area contributed by atoms with E-state index in [0.717, 1.165) is 17.7 Å². The van der Waals surface area contributed by atoms with Crippen molar-refractivity contribution in [1.29, 1.82) is 0 Å². The predicted octanol–water partition coefficient (Wildman–Crippen LogP) is 2.98. The molecule has 0 saturated carbocycles. The number of nitrogens with one attached hydrogen (secondary N) is 1. The molecule has 23 heavy (non-hydrogen) atoms. The molecule has 0 aromatic heterocycles. The molecule has 0 radical (unpaired) electrons. The molecular formula is C17H22N2O3S. The van der Waals surface area contributed by atoms with E-state index in [1.165, 1.54) is 4.90 Å². The highest BCUT2D eigenvalue weighted by atomic mass is 32.2. The number of carbonyl (C=O) groups excluding carboxylic acids is 1. The number of benzene rings is 1. The molecular weight excluding hydrogens is 312 g/mol. The zero-order valence-corrected chi connectivity index (χ0v) is 14.0. The third-order valence-corrected chi connectivity index (χ3v) is 5.68. The van der Waals surface area contributed by atoms with Crippen LogP contribution in [0.15, 0.2) is 29.2 Å². The molecule has 0 bridgehead atoms. The van der Waals surface area contributed by atoms with Crippen molar-refractivity contribution in [3.05, 3.63) is 29.8 Å². The molecule has 2 amide bonds. The molecule has 3 rings (SSSR count). The second kappa shape index (κ2) is 6.83. The highest BCUT2D eigenvalue weighted by molar-refractivity contribution is 7.99. The molecule has 2 aliphatic heterocycles. The maximum atomic E-state index is 12.6. The van der Waals surface area contributed by atoms with Crippen LogP contribution < -0.4 is 5.32 Å². The number of amides is 2. The quantitative estimate of drug-likeness (QED) is 0.872. The van der Waals surface area contributed by atoms with Crippen LogP contribution in [0, 0.1) is 11.8 Å². The van der Waals surface area contributed by atoms with Crippen LogP contribution in [0.1, 0.15) is 31.4 Å². The van der Waals surface area contributed by atoms with E-state index in [2.05, 4.69) is 17.4 Å². The normalized spacial score (nSPS) is 27.2. The summed E-state index contributed by atoms with van der Waals surface area (Å²) in [6.07, 6.45) is 1.54. The van der Waals surface area contributed by atoms with Crippen molar-refractivity contribution in [3.8, 4) is 0 Å². The Labute approximate surface area is 140 Å². The van der Waals surface area contributed by atoms with E-state index in [9.17, 15) is 14.7 Å². The van der Waals surface area contributed by atoms with Gasteiger partial charge in [-0.2, -0.15) is 0 Å². The van der Waals surface area contributed by atoms with Gasteiger partial charge < -0.3 is 15.3 Å². The highest BCUT2D eigenvalue weighted by Crippen LogP contribution is 2.36. The molecule has 124 valence electrons. The van der Waals surface area contributed by atoms with Crippen LogP contribution in [0.5, 0.6) is 0 Å². The molecule has 1 aromatic rings. The Kier molecular flexibility index (Phi) is 4.80. The van der Waals surface area contributed by atoms with Gasteiger partial charge in [-0.1, -0.05) is 25.1 Å². The van der Waals surface area contributed by atoms with Gasteiger partial charge in [0.05, 0.1) is 12.0 Å². The molecule has 5 nitrogen and oxygen atoms in total. The van der Waals surface area contributed by atoms with Crippen molar-refractivity contribution in [2.24, 2.45) is 11.8 Å². The van der Waals surface area contributed by atoms with Crippen LogP contribution in [-0.2, 0) is 4.79 Å². The lowest BCUT2D eigenvalue weighted by atomic mass is 9.91. The zero-order chi connectivity index (χ0) is 16.4. The summed E-state index contributed by atoms with van der Waals surface area (Å²) in [6.45, 7) is 2.93. The van der Waals surface area contributed by atoms with Crippen LogP contribution in [0.4, 0.5) is 4.79 Å². The van der Waals surface area contributed by atoms with Gasteiger partial charge in [-0.3, -0.25) is 4.79 Å². The summed E-state index contributed by atoms with van der Waals surface area (Å²) in [7, 11) is 0. The summed E-state index contributed by atoms with van der Waals surface area (Å²) in [4.78, 5) is 26.8. The zero-order valence-electron chi connectivity index (χ0n) is 13.2. The van der Waals surface area contributed by atoms with E-state index in [1.54, 1.807) is 4.90 Å². The minimum absolute atomic E-state index is 0.0143. The van der Waals surface area contributed by atoms with Gasteiger partial charge in [0.2, 0.25) is 0 Å². The number of hydrogen-bond donors (Lipinski definition) is 2. The minimum atomic E-state index is -0.811. The Balaban J connectivity index is 1.69. The van der Waals surface area contributed by atoms with Crippen LogP contribution >= 0.6 is 11.8 Å². The lowest BCUT2D eigenvalue weighted by molar-refractivity contribution is -0.143. The van der Waals surface area contributed by atoms with Crippen LogP contribution in [0.3, 0.4) is 0 Å². The Hall–Kier alpha value is -1.69. The monoisotopic (exact) mass is 334 g/mol. The number of nitrogens with zero attached hydrogens (tertiary/aromatic N) is 1. The number of aliphatic carboxylic acids is 1. The Morgan fingerprint density at radius 1 is 1.30 bits per heavy atom. The minimum Gasteiger partial charge on any atom is -0.481 e. The van der Waals surface area contributed by atoms with Gasteiger partial charge >= 0.3 is 12.0 Å². The van der Waals surface area contributed by atoms with E-state index in [4.69, 9.17) is 0 Å². The first-order valence-corrected chi connectivity index (χ1v) is 9.03.